The molecule has 0 N–H and O–H groups in total. The van der Waals surface area contributed by atoms with Gasteiger partial charge in [-0.1, -0.05) is 23.9 Å². The smallest absolute Gasteiger partial charge is 0.196 e. The maximum atomic E-state index is 14.0. The van der Waals surface area contributed by atoms with Gasteiger partial charge in [-0.15, -0.1) is 10.2 Å². The molecule has 130 valence electrons. The van der Waals surface area contributed by atoms with Gasteiger partial charge in [0.1, 0.15) is 12.1 Å². The molecule has 0 saturated heterocycles. The number of aromatic nitrogens is 4. The average molecular weight is 358 g/mol. The second kappa shape index (κ2) is 7.23. The van der Waals surface area contributed by atoms with Crippen LogP contribution in [-0.4, -0.2) is 30.9 Å². The first-order chi connectivity index (χ1) is 12.0. The monoisotopic (exact) mass is 358 g/mol. The molecule has 0 spiro atoms. The molecule has 5 nitrogen and oxygen atoms in total. The highest BCUT2D eigenvalue weighted by Crippen LogP contribution is 2.23. The summed E-state index contributed by atoms with van der Waals surface area (Å²) in [7, 11) is 0. The van der Waals surface area contributed by atoms with E-state index in [9.17, 15) is 9.18 Å². The predicted molar refractivity (Wildman–Crippen MR) is 96.0 cm³/mol. The Morgan fingerprint density at radius 2 is 2.04 bits per heavy atom. The normalized spacial score (nSPS) is 11.0. The first kappa shape index (κ1) is 17.4. The van der Waals surface area contributed by atoms with E-state index in [0.29, 0.717) is 10.8 Å². The third kappa shape index (κ3) is 3.37. The van der Waals surface area contributed by atoms with Crippen molar-refractivity contribution >= 4 is 17.5 Å². The molecule has 0 saturated carbocycles. The van der Waals surface area contributed by atoms with Crippen molar-refractivity contribution in [3.63, 3.8) is 0 Å². The molecule has 25 heavy (non-hydrogen) atoms. The van der Waals surface area contributed by atoms with Gasteiger partial charge in [0.05, 0.1) is 11.4 Å². The van der Waals surface area contributed by atoms with Crippen molar-refractivity contribution < 1.29 is 9.18 Å². The van der Waals surface area contributed by atoms with Crippen molar-refractivity contribution in [3.05, 3.63) is 59.4 Å². The Labute approximate surface area is 149 Å². The van der Waals surface area contributed by atoms with Crippen LogP contribution < -0.4 is 0 Å². The quantitative estimate of drug-likeness (QED) is 0.496. The Morgan fingerprint density at radius 1 is 1.28 bits per heavy atom. The number of halogens is 1. The Morgan fingerprint density at radius 3 is 2.72 bits per heavy atom. The minimum Gasteiger partial charge on any atom is -0.349 e. The van der Waals surface area contributed by atoms with Crippen LogP contribution in [-0.2, 0) is 6.54 Å². The molecular weight excluding hydrogens is 339 g/mol. The minimum atomic E-state index is -0.359. The van der Waals surface area contributed by atoms with Gasteiger partial charge in [-0.3, -0.25) is 9.36 Å². The SMILES string of the molecule is CCn1c(C)cc(C(=O)CSc2nncn2-c2ccccc2F)c1C. The Kier molecular flexibility index (Phi) is 5.03. The fourth-order valence-electron chi connectivity index (χ4n) is 2.91. The van der Waals surface area contributed by atoms with Gasteiger partial charge < -0.3 is 4.57 Å². The number of carbonyl (C=O) groups excluding carboxylic acids is 1. The number of Topliss-reactive ketones (excluding diaryl/α,β-unsaturated/α-hetero) is 1. The third-order valence-electron chi connectivity index (χ3n) is 4.15. The van der Waals surface area contributed by atoms with E-state index in [1.165, 1.54) is 24.2 Å². The lowest BCUT2D eigenvalue weighted by Gasteiger charge is -2.07. The third-order valence-corrected chi connectivity index (χ3v) is 5.09. The number of hydrogen-bond acceptors (Lipinski definition) is 4. The van der Waals surface area contributed by atoms with E-state index in [4.69, 9.17) is 0 Å². The van der Waals surface area contributed by atoms with Crippen molar-refractivity contribution in [3.8, 4) is 5.69 Å². The summed E-state index contributed by atoms with van der Waals surface area (Å²) in [6.45, 7) is 6.84. The number of hydrogen-bond donors (Lipinski definition) is 0. The van der Waals surface area contributed by atoms with Gasteiger partial charge in [0.25, 0.3) is 0 Å². The maximum absolute atomic E-state index is 14.0. The molecule has 1 aromatic carbocycles. The number of ketones is 1. The fourth-order valence-corrected chi connectivity index (χ4v) is 3.72. The number of thioether (sulfide) groups is 1. The van der Waals surface area contributed by atoms with Crippen LogP contribution in [0.25, 0.3) is 5.69 Å². The van der Waals surface area contributed by atoms with Crippen LogP contribution in [0.3, 0.4) is 0 Å². The maximum Gasteiger partial charge on any atom is 0.196 e. The molecule has 7 heteroatoms. The van der Waals surface area contributed by atoms with E-state index < -0.39 is 0 Å². The van der Waals surface area contributed by atoms with Crippen LogP contribution in [0.4, 0.5) is 4.39 Å². The van der Waals surface area contributed by atoms with Crippen LogP contribution in [0.2, 0.25) is 0 Å². The molecule has 0 unspecified atom stereocenters. The Balaban J connectivity index is 1.78. The molecule has 0 bridgehead atoms. The minimum absolute atomic E-state index is 0.0286. The fraction of sp³-hybridized carbons (Fsp3) is 0.278. The van der Waals surface area contributed by atoms with Crippen LogP contribution in [0.5, 0.6) is 0 Å². The number of nitrogens with zero attached hydrogens (tertiary/aromatic N) is 4. The lowest BCUT2D eigenvalue weighted by molar-refractivity contribution is 0.102. The standard InChI is InChI=1S/C18H19FN4OS/c1-4-22-12(2)9-14(13(22)3)17(24)10-25-18-21-20-11-23(18)16-8-6-5-7-15(16)19/h5-9,11H,4,10H2,1-3H3. The highest BCUT2D eigenvalue weighted by molar-refractivity contribution is 7.99. The van der Waals surface area contributed by atoms with Gasteiger partial charge in [-0.2, -0.15) is 0 Å². The Bertz CT molecular complexity index is 916. The summed E-state index contributed by atoms with van der Waals surface area (Å²) in [4.78, 5) is 12.6. The molecule has 0 fully saturated rings. The van der Waals surface area contributed by atoms with Crippen LogP contribution in [0, 0.1) is 19.7 Å². The van der Waals surface area contributed by atoms with Gasteiger partial charge >= 0.3 is 0 Å². The number of carbonyl (C=O) groups is 1. The number of benzene rings is 1. The summed E-state index contributed by atoms with van der Waals surface area (Å²) in [5, 5.41) is 8.35. The highest BCUT2D eigenvalue weighted by Gasteiger charge is 2.17. The van der Waals surface area contributed by atoms with Gasteiger partial charge in [-0.25, -0.2) is 4.39 Å². The molecule has 0 aliphatic carbocycles. The molecule has 0 aliphatic rings. The highest BCUT2D eigenvalue weighted by atomic mass is 32.2. The molecule has 2 aromatic heterocycles. The van der Waals surface area contributed by atoms with E-state index in [-0.39, 0.29) is 17.4 Å². The summed E-state index contributed by atoms with van der Waals surface area (Å²) in [6, 6.07) is 8.33. The van der Waals surface area contributed by atoms with Crippen molar-refractivity contribution in [1.29, 1.82) is 0 Å². The molecule has 3 rings (SSSR count). The van der Waals surface area contributed by atoms with Crippen molar-refractivity contribution in [2.24, 2.45) is 0 Å². The molecular formula is C18H19FN4OS. The van der Waals surface area contributed by atoms with Gasteiger partial charge in [-0.05, 0) is 39.0 Å². The van der Waals surface area contributed by atoms with Gasteiger partial charge in [0.2, 0.25) is 0 Å². The van der Waals surface area contributed by atoms with Gasteiger partial charge in [0, 0.05) is 23.5 Å². The van der Waals surface area contributed by atoms with E-state index in [2.05, 4.69) is 21.7 Å². The number of para-hydroxylation sites is 1. The van der Waals surface area contributed by atoms with E-state index >= 15 is 0 Å². The van der Waals surface area contributed by atoms with Crippen LogP contribution >= 0.6 is 11.8 Å². The number of aryl methyl sites for hydroxylation is 1. The zero-order chi connectivity index (χ0) is 18.0. The first-order valence-corrected chi connectivity index (χ1v) is 8.99. The second-order valence-electron chi connectivity index (χ2n) is 5.68. The molecule has 0 radical (unpaired) electrons. The zero-order valence-corrected chi connectivity index (χ0v) is 15.2. The summed E-state index contributed by atoms with van der Waals surface area (Å²) in [6.07, 6.45) is 1.45. The zero-order valence-electron chi connectivity index (χ0n) is 14.4. The molecule has 0 aliphatic heterocycles. The van der Waals surface area contributed by atoms with Crippen molar-refractivity contribution in [2.45, 2.75) is 32.5 Å². The topological polar surface area (TPSA) is 52.7 Å². The lowest BCUT2D eigenvalue weighted by Crippen LogP contribution is -2.07. The summed E-state index contributed by atoms with van der Waals surface area (Å²) >= 11 is 1.26. The van der Waals surface area contributed by atoms with E-state index in [1.807, 2.05) is 19.9 Å². The predicted octanol–water partition coefficient (Wildman–Crippen LogP) is 3.82. The van der Waals surface area contributed by atoms with Crippen LogP contribution in [0.15, 0.2) is 41.8 Å². The van der Waals surface area contributed by atoms with E-state index in [1.54, 1.807) is 22.8 Å². The summed E-state index contributed by atoms with van der Waals surface area (Å²) < 4.78 is 17.6. The second-order valence-corrected chi connectivity index (χ2v) is 6.62. The molecule has 0 atom stereocenters. The first-order valence-electron chi connectivity index (χ1n) is 8.00. The summed E-state index contributed by atoms with van der Waals surface area (Å²) in [5.41, 5.74) is 3.14. The molecule has 2 heterocycles. The Hall–Kier alpha value is -2.41. The van der Waals surface area contributed by atoms with Gasteiger partial charge in [0.15, 0.2) is 10.9 Å². The summed E-state index contributed by atoms with van der Waals surface area (Å²) in [5.74, 6) is -0.107. The van der Waals surface area contributed by atoms with Crippen molar-refractivity contribution in [2.75, 3.05) is 5.75 Å². The van der Waals surface area contributed by atoms with Crippen molar-refractivity contribution in [1.82, 2.24) is 19.3 Å². The molecule has 0 amide bonds. The molecule has 3 aromatic rings. The number of rotatable bonds is 6. The van der Waals surface area contributed by atoms with E-state index in [0.717, 1.165) is 23.5 Å². The average Bonchev–Trinajstić information content (AvgIpc) is 3.17. The lowest BCUT2D eigenvalue weighted by atomic mass is 10.2. The largest absolute Gasteiger partial charge is 0.349 e. The van der Waals surface area contributed by atoms with Crippen LogP contribution in [0.1, 0.15) is 28.7 Å².